The number of carbonyl (C=O) groups is 2. The molecule has 1 heterocycles. The molecule has 2 atom stereocenters. The molecule has 1 fully saturated rings. The molecule has 1 saturated heterocycles. The standard InChI is InChI=1S/C27H27FN4O2/c1-3-31(4-2)23-16-10-19(11-17-23)18-32-25(20-8-6-5-7-9-20)24(27(34)30-32)29-26(33)21-12-14-22(28)15-13-21/h5-18,24-25H,3-4H2,1-2H3,(H-,29,30,33,34)/p+1/t24-,25+/m1/s1. The minimum atomic E-state index is -0.828. The van der Waals surface area contributed by atoms with E-state index < -0.39 is 23.8 Å². The predicted molar refractivity (Wildman–Crippen MR) is 130 cm³/mol. The highest BCUT2D eigenvalue weighted by atomic mass is 19.1. The Hall–Kier alpha value is -4.00. The average Bonchev–Trinajstić information content (AvgIpc) is 3.16. The fourth-order valence-corrected chi connectivity index (χ4v) is 4.18. The van der Waals surface area contributed by atoms with Crippen molar-refractivity contribution >= 4 is 23.7 Å². The zero-order valence-electron chi connectivity index (χ0n) is 19.2. The lowest BCUT2D eigenvalue weighted by atomic mass is 10.00. The molecule has 0 radical (unpaired) electrons. The second-order valence-electron chi connectivity index (χ2n) is 8.09. The van der Waals surface area contributed by atoms with Gasteiger partial charge < -0.3 is 10.2 Å². The fourth-order valence-electron chi connectivity index (χ4n) is 4.18. The minimum Gasteiger partial charge on any atom is -0.372 e. The predicted octanol–water partition coefficient (Wildman–Crippen LogP) is 3.69. The molecule has 3 aromatic rings. The number of hydrogen-bond donors (Lipinski definition) is 2. The molecule has 0 aromatic heterocycles. The monoisotopic (exact) mass is 459 g/mol. The van der Waals surface area contributed by atoms with Gasteiger partial charge in [-0.1, -0.05) is 30.3 Å². The van der Waals surface area contributed by atoms with E-state index in [1.807, 2.05) is 48.7 Å². The molecule has 2 amide bonds. The van der Waals surface area contributed by atoms with Crippen molar-refractivity contribution in [2.24, 2.45) is 0 Å². The van der Waals surface area contributed by atoms with Crippen LogP contribution in [-0.4, -0.2) is 41.8 Å². The molecule has 0 aliphatic carbocycles. The first-order valence-electron chi connectivity index (χ1n) is 11.4. The van der Waals surface area contributed by atoms with Crippen LogP contribution in [0, 0.1) is 5.82 Å². The van der Waals surface area contributed by atoms with Crippen LogP contribution in [-0.2, 0) is 4.79 Å². The summed E-state index contributed by atoms with van der Waals surface area (Å²) in [5.41, 5.74) is 6.10. The Bertz CT molecular complexity index is 1170. The summed E-state index contributed by atoms with van der Waals surface area (Å²) in [5.74, 6) is -1.18. The summed E-state index contributed by atoms with van der Waals surface area (Å²) in [5, 5.41) is 2.83. The van der Waals surface area contributed by atoms with E-state index in [1.54, 1.807) is 4.68 Å². The van der Waals surface area contributed by atoms with Gasteiger partial charge in [-0.2, -0.15) is 0 Å². The SMILES string of the molecule is CCN(CC)c1ccc(/C=[N+]2\NC(=O)[C@H](NC(=O)c3ccc(F)cc3)[C@@H]2c2ccccc2)cc1. The third-order valence-electron chi connectivity index (χ3n) is 5.98. The van der Waals surface area contributed by atoms with E-state index in [0.29, 0.717) is 0 Å². The number of halogens is 1. The van der Waals surface area contributed by atoms with Crippen molar-refractivity contribution in [2.45, 2.75) is 25.9 Å². The summed E-state index contributed by atoms with van der Waals surface area (Å²) in [6, 6.07) is 21.6. The van der Waals surface area contributed by atoms with Gasteiger partial charge in [-0.15, -0.1) is 10.1 Å². The van der Waals surface area contributed by atoms with Gasteiger partial charge in [0.25, 0.3) is 5.91 Å². The molecular weight excluding hydrogens is 431 g/mol. The number of nitrogens with zero attached hydrogens (tertiary/aromatic N) is 2. The van der Waals surface area contributed by atoms with Crippen molar-refractivity contribution in [2.75, 3.05) is 18.0 Å². The van der Waals surface area contributed by atoms with Crippen molar-refractivity contribution < 1.29 is 18.7 Å². The lowest BCUT2D eigenvalue weighted by Crippen LogP contribution is -2.42. The van der Waals surface area contributed by atoms with Gasteiger partial charge in [0.05, 0.1) is 0 Å². The van der Waals surface area contributed by atoms with E-state index in [9.17, 15) is 14.0 Å². The number of benzene rings is 3. The third-order valence-corrected chi connectivity index (χ3v) is 5.98. The van der Waals surface area contributed by atoms with E-state index in [1.165, 1.54) is 24.3 Å². The number of anilines is 1. The molecule has 0 bridgehead atoms. The number of hydrazone groups is 1. The maximum atomic E-state index is 13.3. The quantitative estimate of drug-likeness (QED) is 0.530. The van der Waals surface area contributed by atoms with Crippen LogP contribution in [0.3, 0.4) is 0 Å². The first-order valence-corrected chi connectivity index (χ1v) is 11.4. The maximum Gasteiger partial charge on any atom is 0.304 e. The molecule has 34 heavy (non-hydrogen) atoms. The van der Waals surface area contributed by atoms with E-state index in [-0.39, 0.29) is 11.5 Å². The highest BCUT2D eigenvalue weighted by Crippen LogP contribution is 2.25. The molecule has 2 N–H and O–H groups in total. The molecule has 1 aliphatic heterocycles. The molecule has 7 heteroatoms. The van der Waals surface area contributed by atoms with Crippen molar-refractivity contribution in [3.8, 4) is 0 Å². The van der Waals surface area contributed by atoms with Gasteiger partial charge in [-0.3, -0.25) is 9.59 Å². The minimum absolute atomic E-state index is 0.287. The van der Waals surface area contributed by atoms with Gasteiger partial charge in [0.2, 0.25) is 12.3 Å². The van der Waals surface area contributed by atoms with Crippen LogP contribution >= 0.6 is 0 Å². The number of nitrogens with one attached hydrogen (secondary N) is 2. The molecular formula is C27H28FN4O2+. The van der Waals surface area contributed by atoms with Crippen molar-refractivity contribution in [3.63, 3.8) is 0 Å². The average molecular weight is 460 g/mol. The summed E-state index contributed by atoms with van der Waals surface area (Å²) in [4.78, 5) is 28.0. The van der Waals surface area contributed by atoms with Crippen LogP contribution in [0.4, 0.5) is 10.1 Å². The van der Waals surface area contributed by atoms with E-state index in [0.717, 1.165) is 29.9 Å². The van der Waals surface area contributed by atoms with Gasteiger partial charge >= 0.3 is 5.91 Å². The lowest BCUT2D eigenvalue weighted by molar-refractivity contribution is -0.596. The third kappa shape index (κ3) is 4.98. The van der Waals surface area contributed by atoms with Crippen LogP contribution in [0.15, 0.2) is 78.9 Å². The van der Waals surface area contributed by atoms with Crippen molar-refractivity contribution in [1.82, 2.24) is 10.7 Å². The van der Waals surface area contributed by atoms with Crippen LogP contribution in [0.5, 0.6) is 0 Å². The van der Waals surface area contributed by atoms with Gasteiger partial charge in [0.15, 0.2) is 6.04 Å². The fraction of sp³-hybridized carbons (Fsp3) is 0.222. The summed E-state index contributed by atoms with van der Waals surface area (Å²) < 4.78 is 15.0. The zero-order chi connectivity index (χ0) is 24.1. The van der Waals surface area contributed by atoms with E-state index in [4.69, 9.17) is 0 Å². The van der Waals surface area contributed by atoms with Crippen LogP contribution in [0.25, 0.3) is 0 Å². The first kappa shape index (κ1) is 23.2. The zero-order valence-corrected chi connectivity index (χ0v) is 19.2. The van der Waals surface area contributed by atoms with E-state index >= 15 is 0 Å². The summed E-state index contributed by atoms with van der Waals surface area (Å²) >= 11 is 0. The normalized spacial score (nSPS) is 18.6. The maximum absolute atomic E-state index is 13.3. The first-order chi connectivity index (χ1) is 16.5. The molecule has 174 valence electrons. The summed E-state index contributed by atoms with van der Waals surface area (Å²) in [6.45, 7) is 6.09. The number of hydrogen-bond acceptors (Lipinski definition) is 3. The van der Waals surface area contributed by atoms with Gasteiger partial charge in [0.1, 0.15) is 5.82 Å². The van der Waals surface area contributed by atoms with Crippen LogP contribution in [0.2, 0.25) is 0 Å². The second-order valence-corrected chi connectivity index (χ2v) is 8.09. The number of rotatable bonds is 7. The lowest BCUT2D eigenvalue weighted by Gasteiger charge is -2.20. The molecule has 0 saturated carbocycles. The number of hydrazine groups is 1. The van der Waals surface area contributed by atoms with Gasteiger partial charge in [-0.05, 0) is 62.4 Å². The molecule has 1 aliphatic rings. The summed E-state index contributed by atoms with van der Waals surface area (Å²) in [7, 11) is 0. The highest BCUT2D eigenvalue weighted by molar-refractivity contribution is 5.98. The molecule has 3 aromatic carbocycles. The molecule has 0 unspecified atom stereocenters. The van der Waals surface area contributed by atoms with Gasteiger partial charge in [0, 0.05) is 35.5 Å². The Kier molecular flexibility index (Phi) is 7.01. The Labute approximate surface area is 198 Å². The van der Waals surface area contributed by atoms with Crippen LogP contribution < -0.4 is 15.6 Å². The number of carbonyl (C=O) groups excluding carboxylic acids is 2. The van der Waals surface area contributed by atoms with Crippen molar-refractivity contribution in [1.29, 1.82) is 0 Å². The Morgan fingerprint density at radius 3 is 2.26 bits per heavy atom. The molecule has 4 rings (SSSR count). The smallest absolute Gasteiger partial charge is 0.304 e. The molecule has 0 spiro atoms. The molecule has 6 nitrogen and oxygen atoms in total. The Morgan fingerprint density at radius 2 is 1.65 bits per heavy atom. The highest BCUT2D eigenvalue weighted by Gasteiger charge is 2.47. The summed E-state index contributed by atoms with van der Waals surface area (Å²) in [6.07, 6.45) is 1.87. The largest absolute Gasteiger partial charge is 0.372 e. The topological polar surface area (TPSA) is 64.5 Å². The number of amides is 2. The van der Waals surface area contributed by atoms with Crippen LogP contribution in [0.1, 0.15) is 41.4 Å². The van der Waals surface area contributed by atoms with Crippen molar-refractivity contribution in [3.05, 3.63) is 101 Å². The Balaban J connectivity index is 1.64. The Morgan fingerprint density at radius 1 is 1.00 bits per heavy atom. The second kappa shape index (κ2) is 10.3. The van der Waals surface area contributed by atoms with Gasteiger partial charge in [-0.25, -0.2) is 4.39 Å². The van der Waals surface area contributed by atoms with E-state index in [2.05, 4.69) is 41.6 Å².